The lowest BCUT2D eigenvalue weighted by atomic mass is 10.0. The smallest absolute Gasteiger partial charge is 0.251 e. The number of hydrogen-bond acceptors (Lipinski definition) is 3. The second kappa shape index (κ2) is 6.17. The van der Waals surface area contributed by atoms with Crippen molar-refractivity contribution in [1.82, 2.24) is 10.2 Å². The minimum absolute atomic E-state index is 0.0337. The third kappa shape index (κ3) is 3.66. The lowest BCUT2D eigenvalue weighted by Gasteiger charge is -2.32. The molecule has 0 heterocycles. The molecule has 0 spiro atoms. The van der Waals surface area contributed by atoms with E-state index in [0.717, 1.165) is 12.1 Å². The van der Waals surface area contributed by atoms with Crippen LogP contribution in [-0.2, 0) is 0 Å². The van der Waals surface area contributed by atoms with Crippen molar-refractivity contribution in [3.63, 3.8) is 0 Å². The summed E-state index contributed by atoms with van der Waals surface area (Å²) >= 11 is 0. The van der Waals surface area contributed by atoms with Crippen LogP contribution < -0.4 is 10.6 Å². The van der Waals surface area contributed by atoms with Gasteiger partial charge >= 0.3 is 0 Å². The van der Waals surface area contributed by atoms with Crippen molar-refractivity contribution in [2.75, 3.05) is 33.0 Å². The van der Waals surface area contributed by atoms with Crippen LogP contribution >= 0.6 is 0 Å². The van der Waals surface area contributed by atoms with E-state index in [1.54, 1.807) is 0 Å². The van der Waals surface area contributed by atoms with E-state index >= 15 is 0 Å². The Labute approximate surface area is 118 Å². The molecule has 0 fully saturated rings. The summed E-state index contributed by atoms with van der Waals surface area (Å²) in [6, 6.07) is 2.04. The second-order valence-corrected chi connectivity index (χ2v) is 5.45. The molecule has 0 saturated carbocycles. The Morgan fingerprint density at radius 2 is 1.75 bits per heavy atom. The van der Waals surface area contributed by atoms with E-state index in [1.165, 1.54) is 7.05 Å². The first-order valence-corrected chi connectivity index (χ1v) is 6.31. The Hall–Kier alpha value is -1.69. The summed E-state index contributed by atoms with van der Waals surface area (Å²) in [5, 5.41) is 5.09. The van der Waals surface area contributed by atoms with Crippen LogP contribution in [0.25, 0.3) is 0 Å². The summed E-state index contributed by atoms with van der Waals surface area (Å²) in [4.78, 5) is 13.9. The molecule has 0 unspecified atom stereocenters. The largest absolute Gasteiger partial charge is 0.383 e. The zero-order valence-electron chi connectivity index (χ0n) is 12.5. The highest BCUT2D eigenvalue weighted by atomic mass is 19.1. The number of carbonyl (C=O) groups excluding carboxylic acids is 1. The van der Waals surface area contributed by atoms with Gasteiger partial charge in [-0.15, -0.1) is 0 Å². The van der Waals surface area contributed by atoms with Gasteiger partial charge < -0.3 is 15.5 Å². The number of hydrogen-bond donors (Lipinski definition) is 2. The van der Waals surface area contributed by atoms with E-state index in [1.807, 2.05) is 32.8 Å². The van der Waals surface area contributed by atoms with Crippen molar-refractivity contribution < 1.29 is 13.6 Å². The van der Waals surface area contributed by atoms with Crippen LogP contribution in [0.5, 0.6) is 0 Å². The number of carbonyl (C=O) groups is 1. The average molecular weight is 285 g/mol. The first-order chi connectivity index (χ1) is 9.19. The highest BCUT2D eigenvalue weighted by Gasteiger charge is 2.22. The molecule has 0 aliphatic rings. The topological polar surface area (TPSA) is 44.4 Å². The number of amides is 1. The fourth-order valence-corrected chi connectivity index (χ4v) is 1.50. The molecule has 1 rings (SSSR count). The van der Waals surface area contributed by atoms with Crippen LogP contribution in [0.3, 0.4) is 0 Å². The van der Waals surface area contributed by atoms with Crippen LogP contribution in [0.2, 0.25) is 0 Å². The summed E-state index contributed by atoms with van der Waals surface area (Å²) in [6.45, 7) is 4.28. The van der Waals surface area contributed by atoms with Gasteiger partial charge in [-0.3, -0.25) is 4.79 Å². The molecule has 1 amide bonds. The number of nitrogens with one attached hydrogen (secondary N) is 2. The molecule has 0 atom stereocenters. The van der Waals surface area contributed by atoms with Gasteiger partial charge in [0.2, 0.25) is 0 Å². The molecule has 20 heavy (non-hydrogen) atoms. The summed E-state index contributed by atoms with van der Waals surface area (Å²) in [6.07, 6.45) is 0. The van der Waals surface area contributed by atoms with Gasteiger partial charge in [-0.2, -0.15) is 0 Å². The number of likely N-dealkylation sites (N-methyl/N-ethyl adjacent to an activating group) is 1. The van der Waals surface area contributed by atoms with Gasteiger partial charge in [-0.1, -0.05) is 0 Å². The van der Waals surface area contributed by atoms with Crippen molar-refractivity contribution in [2.45, 2.75) is 19.4 Å². The Morgan fingerprint density at radius 1 is 1.25 bits per heavy atom. The third-order valence-corrected chi connectivity index (χ3v) is 3.45. The minimum Gasteiger partial charge on any atom is -0.383 e. The SMILES string of the molecule is CNc1c(F)cc(C(=O)NCC(C)(C)N(C)C)cc1F. The summed E-state index contributed by atoms with van der Waals surface area (Å²) in [5.41, 5.74) is -0.527. The number of rotatable bonds is 5. The standard InChI is InChI=1S/C14H21F2N3O/c1-14(2,19(4)5)8-18-13(20)9-6-10(15)12(17-3)11(16)7-9/h6-7,17H,8H2,1-5H3,(H,18,20). The van der Waals surface area contributed by atoms with Gasteiger partial charge in [0.15, 0.2) is 0 Å². The van der Waals surface area contributed by atoms with Gasteiger partial charge in [0.25, 0.3) is 5.91 Å². The predicted molar refractivity (Wildman–Crippen MR) is 76.0 cm³/mol. The Kier molecular flexibility index (Phi) is 5.05. The maximum absolute atomic E-state index is 13.6. The lowest BCUT2D eigenvalue weighted by Crippen LogP contribution is -2.48. The van der Waals surface area contributed by atoms with Gasteiger partial charge in [0, 0.05) is 24.7 Å². The molecule has 6 heteroatoms. The molecule has 0 aromatic heterocycles. The van der Waals surface area contributed by atoms with Gasteiger partial charge in [0.1, 0.15) is 17.3 Å². The van der Waals surface area contributed by atoms with Crippen molar-refractivity contribution in [2.24, 2.45) is 0 Å². The first kappa shape index (κ1) is 16.4. The fraction of sp³-hybridized carbons (Fsp3) is 0.500. The van der Waals surface area contributed by atoms with Crippen LogP contribution in [0.1, 0.15) is 24.2 Å². The van der Waals surface area contributed by atoms with Crippen molar-refractivity contribution in [3.05, 3.63) is 29.3 Å². The highest BCUT2D eigenvalue weighted by molar-refractivity contribution is 5.94. The van der Waals surface area contributed by atoms with E-state index in [2.05, 4.69) is 10.6 Å². The Bertz CT molecular complexity index is 478. The lowest BCUT2D eigenvalue weighted by molar-refractivity contribution is 0.0919. The quantitative estimate of drug-likeness (QED) is 0.870. The molecule has 112 valence electrons. The molecule has 2 N–H and O–H groups in total. The molecule has 0 aliphatic carbocycles. The number of benzene rings is 1. The van der Waals surface area contributed by atoms with E-state index in [0.29, 0.717) is 6.54 Å². The fourth-order valence-electron chi connectivity index (χ4n) is 1.50. The molecule has 0 saturated heterocycles. The molecule has 0 aliphatic heterocycles. The Balaban J connectivity index is 2.84. The van der Waals surface area contributed by atoms with Crippen molar-refractivity contribution in [3.8, 4) is 0 Å². The average Bonchev–Trinajstić information content (AvgIpc) is 2.35. The molecule has 1 aromatic carbocycles. The predicted octanol–water partition coefficient (Wildman–Crippen LogP) is 2.08. The van der Waals surface area contributed by atoms with E-state index in [9.17, 15) is 13.6 Å². The Morgan fingerprint density at radius 3 is 2.15 bits per heavy atom. The summed E-state index contributed by atoms with van der Waals surface area (Å²) < 4.78 is 27.2. The summed E-state index contributed by atoms with van der Waals surface area (Å²) in [7, 11) is 5.21. The van der Waals surface area contributed by atoms with Crippen molar-refractivity contribution in [1.29, 1.82) is 0 Å². The maximum atomic E-state index is 13.6. The normalized spacial score (nSPS) is 11.6. The zero-order valence-corrected chi connectivity index (χ0v) is 12.5. The van der Waals surface area contributed by atoms with Gasteiger partial charge in [0.05, 0.1) is 0 Å². The molecular weight excluding hydrogens is 264 g/mol. The number of halogens is 2. The molecular formula is C14H21F2N3O. The maximum Gasteiger partial charge on any atom is 0.251 e. The minimum atomic E-state index is -0.787. The summed E-state index contributed by atoms with van der Waals surface area (Å²) in [5.74, 6) is -2.07. The van der Waals surface area contributed by atoms with E-state index in [-0.39, 0.29) is 16.8 Å². The van der Waals surface area contributed by atoms with Crippen LogP contribution in [0.15, 0.2) is 12.1 Å². The molecule has 0 bridgehead atoms. The first-order valence-electron chi connectivity index (χ1n) is 6.31. The van der Waals surface area contributed by atoms with Gasteiger partial charge in [-0.05, 0) is 40.1 Å². The van der Waals surface area contributed by atoms with E-state index in [4.69, 9.17) is 0 Å². The van der Waals surface area contributed by atoms with Crippen molar-refractivity contribution >= 4 is 11.6 Å². The second-order valence-electron chi connectivity index (χ2n) is 5.45. The number of anilines is 1. The third-order valence-electron chi connectivity index (χ3n) is 3.45. The molecule has 4 nitrogen and oxygen atoms in total. The molecule has 0 radical (unpaired) electrons. The monoisotopic (exact) mass is 285 g/mol. The van der Waals surface area contributed by atoms with Crippen LogP contribution in [-0.4, -0.2) is 44.0 Å². The highest BCUT2D eigenvalue weighted by Crippen LogP contribution is 2.20. The molecule has 1 aromatic rings. The zero-order chi connectivity index (χ0) is 15.5. The number of nitrogens with zero attached hydrogens (tertiary/aromatic N) is 1. The van der Waals surface area contributed by atoms with Crippen LogP contribution in [0, 0.1) is 11.6 Å². The van der Waals surface area contributed by atoms with E-state index < -0.39 is 17.5 Å². The van der Waals surface area contributed by atoms with Gasteiger partial charge in [-0.25, -0.2) is 8.78 Å². The van der Waals surface area contributed by atoms with Crippen LogP contribution in [0.4, 0.5) is 14.5 Å².